The number of amides is 1. The minimum absolute atomic E-state index is 0.0253. The second kappa shape index (κ2) is 5.98. The van der Waals surface area contributed by atoms with Crippen LogP contribution < -0.4 is 10.6 Å². The molecule has 14 heavy (non-hydrogen) atoms. The Morgan fingerprint density at radius 1 is 1.43 bits per heavy atom. The van der Waals surface area contributed by atoms with E-state index in [0.29, 0.717) is 19.5 Å². The van der Waals surface area contributed by atoms with E-state index in [2.05, 4.69) is 31.4 Å². The van der Waals surface area contributed by atoms with E-state index in [0.717, 1.165) is 0 Å². The van der Waals surface area contributed by atoms with Gasteiger partial charge in [0.2, 0.25) is 5.91 Å². The van der Waals surface area contributed by atoms with E-state index in [4.69, 9.17) is 5.11 Å². The minimum atomic E-state index is -0.477. The maximum Gasteiger partial charge on any atom is 0.221 e. The fourth-order valence-corrected chi connectivity index (χ4v) is 0.901. The van der Waals surface area contributed by atoms with Gasteiger partial charge in [-0.2, -0.15) is 0 Å². The van der Waals surface area contributed by atoms with Crippen molar-refractivity contribution in [3.63, 3.8) is 0 Å². The van der Waals surface area contributed by atoms with Crippen molar-refractivity contribution >= 4 is 5.91 Å². The predicted octanol–water partition coefficient (Wildman–Crippen LogP) is 0.262. The van der Waals surface area contributed by atoms with Crippen molar-refractivity contribution in [2.24, 2.45) is 0 Å². The quantitative estimate of drug-likeness (QED) is 0.599. The van der Waals surface area contributed by atoms with Crippen LogP contribution in [0.1, 0.15) is 34.1 Å². The molecule has 84 valence electrons. The highest BCUT2D eigenvalue weighted by Crippen LogP contribution is 1.97. The average Bonchev–Trinajstić information content (AvgIpc) is 1.98. The topological polar surface area (TPSA) is 61.4 Å². The largest absolute Gasteiger partial charge is 0.392 e. The molecule has 4 heteroatoms. The van der Waals surface area contributed by atoms with Gasteiger partial charge < -0.3 is 15.7 Å². The fourth-order valence-electron chi connectivity index (χ4n) is 0.901. The van der Waals surface area contributed by atoms with Gasteiger partial charge in [-0.15, -0.1) is 0 Å². The first-order valence-electron chi connectivity index (χ1n) is 5.01. The summed E-state index contributed by atoms with van der Waals surface area (Å²) in [6.07, 6.45) is -0.0289. The number of aliphatic hydroxyl groups excluding tert-OH is 1. The molecule has 0 bridgehead atoms. The Kier molecular flexibility index (Phi) is 5.72. The number of hydrogen-bond acceptors (Lipinski definition) is 3. The molecule has 0 unspecified atom stereocenters. The van der Waals surface area contributed by atoms with E-state index in [9.17, 15) is 4.79 Å². The van der Waals surface area contributed by atoms with Crippen LogP contribution in [0.4, 0.5) is 0 Å². The molecule has 0 heterocycles. The van der Waals surface area contributed by atoms with Gasteiger partial charge in [-0.3, -0.25) is 4.79 Å². The van der Waals surface area contributed by atoms with Crippen LogP contribution in [-0.4, -0.2) is 35.7 Å². The highest BCUT2D eigenvalue weighted by Gasteiger charge is 2.09. The second-order valence-corrected chi connectivity index (χ2v) is 4.58. The normalized spacial score (nSPS) is 13.8. The minimum Gasteiger partial charge on any atom is -0.392 e. The number of rotatable bonds is 5. The van der Waals surface area contributed by atoms with Crippen molar-refractivity contribution in [3.8, 4) is 0 Å². The van der Waals surface area contributed by atoms with Crippen LogP contribution in [0.5, 0.6) is 0 Å². The Labute approximate surface area is 86.1 Å². The summed E-state index contributed by atoms with van der Waals surface area (Å²) in [7, 11) is 0. The first-order valence-corrected chi connectivity index (χ1v) is 5.01. The molecule has 0 aliphatic rings. The number of nitrogens with one attached hydrogen (secondary N) is 2. The molecule has 1 atom stereocenters. The number of aliphatic hydroxyl groups is 1. The third-order valence-electron chi connectivity index (χ3n) is 1.60. The summed E-state index contributed by atoms with van der Waals surface area (Å²) in [5.41, 5.74) is 0.0462. The molecule has 0 aliphatic heterocycles. The van der Waals surface area contributed by atoms with Gasteiger partial charge >= 0.3 is 0 Å². The highest BCUT2D eigenvalue weighted by molar-refractivity contribution is 5.76. The zero-order valence-corrected chi connectivity index (χ0v) is 9.55. The van der Waals surface area contributed by atoms with E-state index in [1.807, 2.05) is 0 Å². The Bertz CT molecular complexity index is 173. The van der Waals surface area contributed by atoms with Crippen molar-refractivity contribution in [2.45, 2.75) is 45.8 Å². The third kappa shape index (κ3) is 9.48. The molecule has 0 aromatic rings. The molecule has 0 aromatic carbocycles. The lowest BCUT2D eigenvalue weighted by molar-refractivity contribution is -0.121. The van der Waals surface area contributed by atoms with Gasteiger partial charge in [0, 0.05) is 25.0 Å². The van der Waals surface area contributed by atoms with Crippen molar-refractivity contribution in [1.29, 1.82) is 0 Å². The van der Waals surface area contributed by atoms with Gasteiger partial charge in [-0.05, 0) is 27.7 Å². The van der Waals surface area contributed by atoms with Gasteiger partial charge in [-0.1, -0.05) is 0 Å². The summed E-state index contributed by atoms with van der Waals surface area (Å²) in [6, 6.07) is 0. The predicted molar refractivity (Wildman–Crippen MR) is 57.1 cm³/mol. The van der Waals surface area contributed by atoms with Gasteiger partial charge in [-0.25, -0.2) is 0 Å². The first kappa shape index (κ1) is 13.4. The summed E-state index contributed by atoms with van der Waals surface area (Å²) < 4.78 is 0. The second-order valence-electron chi connectivity index (χ2n) is 4.58. The maximum absolute atomic E-state index is 11.2. The first-order chi connectivity index (χ1) is 6.31. The van der Waals surface area contributed by atoms with Crippen molar-refractivity contribution < 1.29 is 9.90 Å². The Morgan fingerprint density at radius 3 is 2.43 bits per heavy atom. The Morgan fingerprint density at radius 2 is 2.00 bits per heavy atom. The summed E-state index contributed by atoms with van der Waals surface area (Å²) in [4.78, 5) is 11.2. The van der Waals surface area contributed by atoms with Crippen LogP contribution in [0.15, 0.2) is 0 Å². The van der Waals surface area contributed by atoms with Crippen molar-refractivity contribution in [2.75, 3.05) is 13.1 Å². The van der Waals surface area contributed by atoms with Gasteiger partial charge in [0.15, 0.2) is 0 Å². The molecule has 0 aliphatic carbocycles. The summed E-state index contributed by atoms with van der Waals surface area (Å²) >= 11 is 0. The SMILES string of the molecule is C[C@@H](O)CNC(=O)CCNC(C)(C)C. The number of hydrogen-bond donors (Lipinski definition) is 3. The van der Waals surface area contributed by atoms with Crippen LogP contribution in [0.2, 0.25) is 0 Å². The molecule has 0 radical (unpaired) electrons. The molecule has 0 rings (SSSR count). The molecule has 1 amide bonds. The molecule has 3 N–H and O–H groups in total. The Balaban J connectivity index is 3.46. The van der Waals surface area contributed by atoms with Crippen LogP contribution in [-0.2, 0) is 4.79 Å². The zero-order valence-electron chi connectivity index (χ0n) is 9.55. The van der Waals surface area contributed by atoms with Crippen molar-refractivity contribution in [3.05, 3.63) is 0 Å². The third-order valence-corrected chi connectivity index (χ3v) is 1.60. The number of carbonyl (C=O) groups is 1. The molecule has 0 spiro atoms. The molecule has 0 aromatic heterocycles. The van der Waals surface area contributed by atoms with E-state index < -0.39 is 6.10 Å². The van der Waals surface area contributed by atoms with Gasteiger partial charge in [0.25, 0.3) is 0 Å². The van der Waals surface area contributed by atoms with Gasteiger partial charge in [0.05, 0.1) is 6.10 Å². The average molecular weight is 202 g/mol. The summed E-state index contributed by atoms with van der Waals surface area (Å²) in [5.74, 6) is -0.0253. The number of carbonyl (C=O) groups excluding carboxylic acids is 1. The summed E-state index contributed by atoms with van der Waals surface area (Å²) in [5, 5.41) is 14.8. The lowest BCUT2D eigenvalue weighted by atomic mass is 10.1. The van der Waals surface area contributed by atoms with E-state index in [-0.39, 0.29) is 11.4 Å². The lowest BCUT2D eigenvalue weighted by Crippen LogP contribution is -2.39. The molecular formula is C10H22N2O2. The Hall–Kier alpha value is -0.610. The van der Waals surface area contributed by atoms with Crippen LogP contribution >= 0.6 is 0 Å². The lowest BCUT2D eigenvalue weighted by Gasteiger charge is -2.20. The standard InChI is InChI=1S/C10H22N2O2/c1-8(13)7-11-9(14)5-6-12-10(2,3)4/h8,12-13H,5-7H2,1-4H3,(H,11,14)/t8-/m1/s1. The monoisotopic (exact) mass is 202 g/mol. The van der Waals surface area contributed by atoms with Crippen LogP contribution in [0, 0.1) is 0 Å². The van der Waals surface area contributed by atoms with E-state index in [1.54, 1.807) is 6.92 Å². The van der Waals surface area contributed by atoms with Gasteiger partial charge in [0.1, 0.15) is 0 Å². The summed E-state index contributed by atoms with van der Waals surface area (Å²) in [6.45, 7) is 8.80. The molecule has 4 nitrogen and oxygen atoms in total. The van der Waals surface area contributed by atoms with E-state index in [1.165, 1.54) is 0 Å². The van der Waals surface area contributed by atoms with E-state index >= 15 is 0 Å². The maximum atomic E-state index is 11.2. The molecule has 0 saturated carbocycles. The highest BCUT2D eigenvalue weighted by atomic mass is 16.3. The van der Waals surface area contributed by atoms with Crippen LogP contribution in [0.3, 0.4) is 0 Å². The molecule has 0 fully saturated rings. The fraction of sp³-hybridized carbons (Fsp3) is 0.900. The zero-order chi connectivity index (χ0) is 11.2. The van der Waals surface area contributed by atoms with Crippen molar-refractivity contribution in [1.82, 2.24) is 10.6 Å². The smallest absolute Gasteiger partial charge is 0.221 e. The molecule has 0 saturated heterocycles. The van der Waals surface area contributed by atoms with Crippen LogP contribution in [0.25, 0.3) is 0 Å². The molecular weight excluding hydrogens is 180 g/mol.